The topological polar surface area (TPSA) is 17.1 Å². The van der Waals surface area contributed by atoms with Crippen LogP contribution >= 0.6 is 0 Å². The Morgan fingerprint density at radius 2 is 2.00 bits per heavy atom. The molecule has 62 valence electrons. The number of fused-ring (bicyclic) bond motifs is 1. The predicted molar refractivity (Wildman–Crippen MR) is 44.3 cm³/mol. The van der Waals surface area contributed by atoms with Gasteiger partial charge in [-0.3, -0.25) is 4.79 Å². The van der Waals surface area contributed by atoms with E-state index in [4.69, 9.17) is 0 Å². The zero-order chi connectivity index (χ0) is 7.68. The van der Waals surface area contributed by atoms with E-state index in [1.165, 1.54) is 25.7 Å². The molecular weight excluding hydrogens is 136 g/mol. The highest BCUT2D eigenvalue weighted by Crippen LogP contribution is 2.45. The van der Waals surface area contributed by atoms with Crippen LogP contribution in [-0.4, -0.2) is 5.78 Å². The highest BCUT2D eigenvalue weighted by molar-refractivity contribution is 5.78. The molecule has 2 aliphatic carbocycles. The first kappa shape index (κ1) is 7.33. The molecule has 0 aromatic carbocycles. The fraction of sp³-hybridized carbons (Fsp3) is 0.900. The van der Waals surface area contributed by atoms with Crippen molar-refractivity contribution in [3.05, 3.63) is 0 Å². The van der Waals surface area contributed by atoms with Gasteiger partial charge in [-0.15, -0.1) is 0 Å². The maximum absolute atomic E-state index is 11.2. The lowest BCUT2D eigenvalue weighted by Crippen LogP contribution is -1.98. The van der Waals surface area contributed by atoms with Crippen molar-refractivity contribution in [1.29, 1.82) is 0 Å². The van der Waals surface area contributed by atoms with Gasteiger partial charge in [-0.1, -0.05) is 19.3 Å². The van der Waals surface area contributed by atoms with Crippen molar-refractivity contribution < 1.29 is 4.79 Å². The summed E-state index contributed by atoms with van der Waals surface area (Å²) < 4.78 is 0. The molecule has 0 N–H and O–H groups in total. The molecule has 1 nitrogen and oxygen atoms in total. The summed E-state index contributed by atoms with van der Waals surface area (Å²) in [4.78, 5) is 11.2. The lowest BCUT2D eigenvalue weighted by Gasteiger charge is -1.96. The molecule has 0 bridgehead atoms. The summed E-state index contributed by atoms with van der Waals surface area (Å²) in [6.45, 7) is 0. The summed E-state index contributed by atoms with van der Waals surface area (Å²) in [6.07, 6.45) is 8.33. The van der Waals surface area contributed by atoms with E-state index in [1.54, 1.807) is 0 Å². The summed E-state index contributed by atoms with van der Waals surface area (Å²) in [5.74, 6) is 2.28. The predicted octanol–water partition coefficient (Wildman–Crippen LogP) is 2.55. The van der Waals surface area contributed by atoms with Crippen LogP contribution in [0.4, 0.5) is 0 Å². The first-order valence-electron chi connectivity index (χ1n) is 4.88. The zero-order valence-corrected chi connectivity index (χ0v) is 7.01. The van der Waals surface area contributed by atoms with Gasteiger partial charge in [0.25, 0.3) is 0 Å². The molecule has 2 fully saturated rings. The maximum Gasteiger partial charge on any atom is 0.133 e. The van der Waals surface area contributed by atoms with Crippen LogP contribution in [0.2, 0.25) is 0 Å². The van der Waals surface area contributed by atoms with Crippen molar-refractivity contribution in [2.24, 2.45) is 11.8 Å². The Labute approximate surface area is 68.2 Å². The van der Waals surface area contributed by atoms with E-state index in [-0.39, 0.29) is 0 Å². The minimum Gasteiger partial charge on any atom is -0.300 e. The van der Waals surface area contributed by atoms with Gasteiger partial charge in [-0.05, 0) is 24.7 Å². The standard InChI is InChI=1S/C10H16O/c11-10-5-3-1-2-4-8-6-9(8)7-10/h8-9H,1-7H2. The van der Waals surface area contributed by atoms with Crippen LogP contribution < -0.4 is 0 Å². The highest BCUT2D eigenvalue weighted by atomic mass is 16.1. The Morgan fingerprint density at radius 1 is 1.09 bits per heavy atom. The van der Waals surface area contributed by atoms with E-state index < -0.39 is 0 Å². The van der Waals surface area contributed by atoms with Gasteiger partial charge in [-0.25, -0.2) is 0 Å². The molecule has 0 aliphatic heterocycles. The number of ketones is 1. The molecule has 0 radical (unpaired) electrons. The van der Waals surface area contributed by atoms with Crippen LogP contribution in [0, 0.1) is 11.8 Å². The van der Waals surface area contributed by atoms with Crippen LogP contribution in [-0.2, 0) is 4.79 Å². The first-order chi connectivity index (χ1) is 5.36. The summed E-state index contributed by atoms with van der Waals surface area (Å²) in [7, 11) is 0. The van der Waals surface area contributed by atoms with E-state index in [1.807, 2.05) is 0 Å². The van der Waals surface area contributed by atoms with Crippen molar-refractivity contribution in [3.8, 4) is 0 Å². The Morgan fingerprint density at radius 3 is 2.91 bits per heavy atom. The molecule has 0 aromatic heterocycles. The minimum absolute atomic E-state index is 0.527. The summed E-state index contributed by atoms with van der Waals surface area (Å²) in [5.41, 5.74) is 0. The van der Waals surface area contributed by atoms with Gasteiger partial charge in [0.05, 0.1) is 0 Å². The smallest absolute Gasteiger partial charge is 0.133 e. The second-order valence-corrected chi connectivity index (χ2v) is 4.10. The van der Waals surface area contributed by atoms with E-state index in [9.17, 15) is 4.79 Å². The molecule has 2 rings (SSSR count). The number of carbonyl (C=O) groups excluding carboxylic acids is 1. The number of hydrogen-bond donors (Lipinski definition) is 0. The zero-order valence-electron chi connectivity index (χ0n) is 7.01. The number of Topliss-reactive ketones (excluding diaryl/α,β-unsaturated/α-hetero) is 1. The van der Waals surface area contributed by atoms with Gasteiger partial charge in [0.15, 0.2) is 0 Å². The normalized spacial score (nSPS) is 38.4. The maximum atomic E-state index is 11.2. The quantitative estimate of drug-likeness (QED) is 0.521. The summed E-state index contributed by atoms with van der Waals surface area (Å²) in [5, 5.41) is 0. The van der Waals surface area contributed by atoms with Gasteiger partial charge < -0.3 is 0 Å². The molecule has 0 aromatic rings. The fourth-order valence-corrected chi connectivity index (χ4v) is 2.21. The molecule has 1 heteroatoms. The third-order valence-electron chi connectivity index (χ3n) is 3.09. The largest absolute Gasteiger partial charge is 0.300 e. The summed E-state index contributed by atoms with van der Waals surface area (Å²) >= 11 is 0. The van der Waals surface area contributed by atoms with Crippen LogP contribution in [0.3, 0.4) is 0 Å². The molecule has 0 saturated heterocycles. The van der Waals surface area contributed by atoms with Crippen LogP contribution in [0.25, 0.3) is 0 Å². The number of hydrogen-bond acceptors (Lipinski definition) is 1. The molecular formula is C10H16O. The lowest BCUT2D eigenvalue weighted by molar-refractivity contribution is -0.119. The molecule has 2 aliphatic rings. The van der Waals surface area contributed by atoms with Gasteiger partial charge in [-0.2, -0.15) is 0 Å². The fourth-order valence-electron chi connectivity index (χ4n) is 2.21. The van der Waals surface area contributed by atoms with Crippen LogP contribution in [0.1, 0.15) is 44.9 Å². The molecule has 0 spiro atoms. The van der Waals surface area contributed by atoms with E-state index in [2.05, 4.69) is 0 Å². The van der Waals surface area contributed by atoms with Gasteiger partial charge >= 0.3 is 0 Å². The highest BCUT2D eigenvalue weighted by Gasteiger charge is 2.37. The minimum atomic E-state index is 0.527. The first-order valence-corrected chi connectivity index (χ1v) is 4.88. The monoisotopic (exact) mass is 152 g/mol. The van der Waals surface area contributed by atoms with Crippen LogP contribution in [0.15, 0.2) is 0 Å². The van der Waals surface area contributed by atoms with Crippen molar-refractivity contribution >= 4 is 5.78 Å². The average Bonchev–Trinajstić information content (AvgIpc) is 2.66. The number of carbonyl (C=O) groups is 1. The van der Waals surface area contributed by atoms with Crippen molar-refractivity contribution in [3.63, 3.8) is 0 Å². The summed E-state index contributed by atoms with van der Waals surface area (Å²) in [6, 6.07) is 0. The second kappa shape index (κ2) is 2.96. The Balaban J connectivity index is 1.88. The lowest BCUT2D eigenvalue weighted by atomic mass is 10.1. The molecule has 0 amide bonds. The Bertz CT molecular complexity index is 162. The third kappa shape index (κ3) is 1.82. The van der Waals surface area contributed by atoms with E-state index >= 15 is 0 Å². The molecule has 2 unspecified atom stereocenters. The second-order valence-electron chi connectivity index (χ2n) is 4.10. The van der Waals surface area contributed by atoms with Crippen molar-refractivity contribution in [1.82, 2.24) is 0 Å². The molecule has 2 atom stereocenters. The SMILES string of the molecule is O=C1CCCCCC2CC2C1. The van der Waals surface area contributed by atoms with Gasteiger partial charge in [0.2, 0.25) is 0 Å². The van der Waals surface area contributed by atoms with Crippen LogP contribution in [0.5, 0.6) is 0 Å². The third-order valence-corrected chi connectivity index (χ3v) is 3.09. The van der Waals surface area contributed by atoms with E-state index in [0.29, 0.717) is 5.78 Å². The Hall–Kier alpha value is -0.330. The van der Waals surface area contributed by atoms with Gasteiger partial charge in [0.1, 0.15) is 5.78 Å². The average molecular weight is 152 g/mol. The Kier molecular flexibility index (Phi) is 1.97. The molecule has 2 saturated carbocycles. The number of rotatable bonds is 0. The molecule has 11 heavy (non-hydrogen) atoms. The van der Waals surface area contributed by atoms with Crippen molar-refractivity contribution in [2.75, 3.05) is 0 Å². The van der Waals surface area contributed by atoms with Gasteiger partial charge in [0, 0.05) is 12.8 Å². The molecule has 0 heterocycles. The van der Waals surface area contributed by atoms with Crippen molar-refractivity contribution in [2.45, 2.75) is 44.9 Å². The van der Waals surface area contributed by atoms with E-state index in [0.717, 1.165) is 31.1 Å².